The van der Waals surface area contributed by atoms with Crippen molar-refractivity contribution in [3.8, 4) is 0 Å². The molecule has 1 fully saturated rings. The summed E-state index contributed by atoms with van der Waals surface area (Å²) in [6.45, 7) is 7.66. The van der Waals surface area contributed by atoms with Crippen molar-refractivity contribution in [2.45, 2.75) is 38.8 Å². The molecule has 1 aliphatic heterocycles. The third kappa shape index (κ3) is 3.05. The Morgan fingerprint density at radius 2 is 2.12 bits per heavy atom. The summed E-state index contributed by atoms with van der Waals surface area (Å²) in [5.41, 5.74) is 0.883. The molecule has 1 aromatic carbocycles. The van der Waals surface area contributed by atoms with Gasteiger partial charge in [-0.2, -0.15) is 0 Å². The molecule has 7 heteroatoms. The molecule has 1 aromatic heterocycles. The zero-order chi connectivity index (χ0) is 18.1. The summed E-state index contributed by atoms with van der Waals surface area (Å²) in [7, 11) is 0. The van der Waals surface area contributed by atoms with E-state index in [0.717, 1.165) is 0 Å². The number of rotatable bonds is 4. The maximum Gasteiger partial charge on any atom is 0.264 e. The number of carbonyl (C=O) groups is 2. The molecule has 1 saturated heterocycles. The van der Waals surface area contributed by atoms with E-state index in [0.29, 0.717) is 22.4 Å². The number of carbonyl (C=O) groups excluding carboxylic acids is 2. The van der Waals surface area contributed by atoms with E-state index in [-0.39, 0.29) is 30.3 Å². The maximum absolute atomic E-state index is 13.2. The molecule has 1 aliphatic rings. The maximum atomic E-state index is 13.2. The fourth-order valence-electron chi connectivity index (χ4n) is 3.06. The van der Waals surface area contributed by atoms with E-state index in [9.17, 15) is 14.4 Å². The molecule has 0 aliphatic carbocycles. The van der Waals surface area contributed by atoms with Crippen LogP contribution in [-0.2, 0) is 9.59 Å². The number of hydrogen-bond donors (Lipinski definition) is 2. The van der Waals surface area contributed by atoms with Gasteiger partial charge in [0.1, 0.15) is 11.9 Å². The number of benzene rings is 1. The predicted molar refractivity (Wildman–Crippen MR) is 96.3 cm³/mol. The molecule has 1 unspecified atom stereocenters. The van der Waals surface area contributed by atoms with E-state index < -0.39 is 11.9 Å². The van der Waals surface area contributed by atoms with E-state index in [4.69, 9.17) is 0 Å². The minimum atomic E-state index is -0.776. The Kier molecular flexibility index (Phi) is 4.39. The number of piperidine rings is 1. The van der Waals surface area contributed by atoms with Gasteiger partial charge >= 0.3 is 0 Å². The van der Waals surface area contributed by atoms with Crippen LogP contribution in [0.25, 0.3) is 17.0 Å². The first-order chi connectivity index (χ1) is 11.9. The molecule has 3 rings (SSSR count). The minimum Gasteiger partial charge on any atom is -0.382 e. The van der Waals surface area contributed by atoms with Crippen LogP contribution >= 0.6 is 0 Å². The first kappa shape index (κ1) is 16.9. The van der Waals surface area contributed by atoms with Gasteiger partial charge in [0, 0.05) is 18.2 Å². The van der Waals surface area contributed by atoms with Gasteiger partial charge in [-0.3, -0.25) is 24.3 Å². The van der Waals surface area contributed by atoms with Gasteiger partial charge in [-0.1, -0.05) is 12.6 Å². The van der Waals surface area contributed by atoms with Crippen molar-refractivity contribution in [1.82, 2.24) is 14.9 Å². The van der Waals surface area contributed by atoms with Gasteiger partial charge in [0.05, 0.1) is 10.9 Å². The average Bonchev–Trinajstić information content (AvgIpc) is 2.55. The molecular weight excluding hydrogens is 320 g/mol. The Morgan fingerprint density at radius 3 is 2.76 bits per heavy atom. The third-order valence-corrected chi connectivity index (χ3v) is 4.11. The third-order valence-electron chi connectivity index (χ3n) is 4.11. The van der Waals surface area contributed by atoms with Crippen LogP contribution in [0, 0.1) is 0 Å². The van der Waals surface area contributed by atoms with Gasteiger partial charge < -0.3 is 5.32 Å². The number of amides is 2. The average molecular weight is 340 g/mol. The van der Waals surface area contributed by atoms with Crippen molar-refractivity contribution < 1.29 is 9.59 Å². The number of nitrogens with one attached hydrogen (secondary N) is 2. The van der Waals surface area contributed by atoms with Crippen molar-refractivity contribution in [3.63, 3.8) is 0 Å². The lowest BCUT2D eigenvalue weighted by Crippen LogP contribution is -2.45. The molecule has 1 atom stereocenters. The van der Waals surface area contributed by atoms with Crippen molar-refractivity contribution in [3.05, 3.63) is 41.0 Å². The molecule has 0 bridgehead atoms. The van der Waals surface area contributed by atoms with Crippen LogP contribution in [0.4, 0.5) is 5.69 Å². The lowest BCUT2D eigenvalue weighted by Gasteiger charge is -2.25. The van der Waals surface area contributed by atoms with Crippen LogP contribution in [-0.4, -0.2) is 27.4 Å². The van der Waals surface area contributed by atoms with Gasteiger partial charge in [0.2, 0.25) is 11.8 Å². The van der Waals surface area contributed by atoms with Crippen LogP contribution < -0.4 is 16.2 Å². The minimum absolute atomic E-state index is 0.133. The fraction of sp³-hybridized carbons (Fsp3) is 0.333. The lowest BCUT2D eigenvalue weighted by molar-refractivity contribution is -0.135. The predicted octanol–water partition coefficient (Wildman–Crippen LogP) is 1.84. The highest BCUT2D eigenvalue weighted by Gasteiger charge is 2.31. The Balaban J connectivity index is 2.25. The molecule has 25 heavy (non-hydrogen) atoms. The van der Waals surface area contributed by atoms with Crippen LogP contribution in [0.15, 0.2) is 29.6 Å². The Bertz CT molecular complexity index is 930. The van der Waals surface area contributed by atoms with E-state index in [1.165, 1.54) is 10.6 Å². The summed E-state index contributed by atoms with van der Waals surface area (Å²) in [6.07, 6.45) is 1.90. The van der Waals surface area contributed by atoms with Gasteiger partial charge in [0.25, 0.3) is 5.56 Å². The number of hydrogen-bond acceptors (Lipinski definition) is 5. The van der Waals surface area contributed by atoms with Crippen LogP contribution in [0.2, 0.25) is 0 Å². The van der Waals surface area contributed by atoms with Gasteiger partial charge in [-0.15, -0.1) is 0 Å². The molecule has 2 amide bonds. The summed E-state index contributed by atoms with van der Waals surface area (Å²) in [4.78, 5) is 41.4. The lowest BCUT2D eigenvalue weighted by atomic mass is 10.0. The highest BCUT2D eigenvalue weighted by Crippen LogP contribution is 2.24. The molecule has 2 N–H and O–H groups in total. The van der Waals surface area contributed by atoms with E-state index in [2.05, 4.69) is 22.2 Å². The standard InChI is InChI=1S/C18H20N4O3/c1-4-14-20-12-7-5-6-11(19-10(2)3)16(12)18(25)22(14)13-8-9-15(23)21-17(13)24/h4-7,10,13,19H,1,8-9H2,2-3H3,(H,21,23,24). The number of anilines is 1. The summed E-state index contributed by atoms with van der Waals surface area (Å²) >= 11 is 0. The van der Waals surface area contributed by atoms with Crippen molar-refractivity contribution in [2.75, 3.05) is 5.32 Å². The molecule has 2 heterocycles. The summed E-state index contributed by atoms with van der Waals surface area (Å²) in [5.74, 6) is -0.504. The molecule has 130 valence electrons. The monoisotopic (exact) mass is 340 g/mol. The number of fused-ring (bicyclic) bond motifs is 1. The summed E-state index contributed by atoms with van der Waals surface area (Å²) in [6, 6.07) is 4.75. The Morgan fingerprint density at radius 1 is 1.36 bits per heavy atom. The first-order valence-electron chi connectivity index (χ1n) is 8.20. The largest absolute Gasteiger partial charge is 0.382 e. The Labute approximate surface area is 144 Å². The molecule has 0 saturated carbocycles. The van der Waals surface area contributed by atoms with E-state index in [1.54, 1.807) is 6.07 Å². The number of nitrogens with zero attached hydrogens (tertiary/aromatic N) is 2. The van der Waals surface area contributed by atoms with Gasteiger partial charge in [-0.05, 0) is 38.5 Å². The van der Waals surface area contributed by atoms with E-state index >= 15 is 0 Å². The van der Waals surface area contributed by atoms with Crippen LogP contribution in [0.1, 0.15) is 38.6 Å². The molecule has 0 spiro atoms. The second-order valence-electron chi connectivity index (χ2n) is 6.31. The molecular formula is C18H20N4O3. The highest BCUT2D eigenvalue weighted by molar-refractivity contribution is 6.00. The number of imide groups is 1. The van der Waals surface area contributed by atoms with Crippen molar-refractivity contribution >= 4 is 34.5 Å². The van der Waals surface area contributed by atoms with Crippen LogP contribution in [0.3, 0.4) is 0 Å². The van der Waals surface area contributed by atoms with Crippen molar-refractivity contribution in [2.24, 2.45) is 0 Å². The smallest absolute Gasteiger partial charge is 0.264 e. The zero-order valence-corrected chi connectivity index (χ0v) is 14.2. The summed E-state index contributed by atoms with van der Waals surface area (Å²) < 4.78 is 1.34. The quantitative estimate of drug-likeness (QED) is 0.829. The second kappa shape index (κ2) is 6.51. The topological polar surface area (TPSA) is 93.1 Å². The Hall–Kier alpha value is -2.96. The van der Waals surface area contributed by atoms with E-state index in [1.807, 2.05) is 26.0 Å². The first-order valence-corrected chi connectivity index (χ1v) is 8.20. The van der Waals surface area contributed by atoms with Gasteiger partial charge in [-0.25, -0.2) is 4.98 Å². The summed E-state index contributed by atoms with van der Waals surface area (Å²) in [5, 5.41) is 5.95. The van der Waals surface area contributed by atoms with Gasteiger partial charge in [0.15, 0.2) is 0 Å². The van der Waals surface area contributed by atoms with Crippen molar-refractivity contribution in [1.29, 1.82) is 0 Å². The molecule has 0 radical (unpaired) electrons. The highest BCUT2D eigenvalue weighted by atomic mass is 16.2. The second-order valence-corrected chi connectivity index (χ2v) is 6.31. The zero-order valence-electron chi connectivity index (χ0n) is 14.2. The molecule has 7 nitrogen and oxygen atoms in total. The number of aromatic nitrogens is 2. The molecule has 2 aromatic rings. The fourth-order valence-corrected chi connectivity index (χ4v) is 3.06. The SMILES string of the molecule is C=Cc1nc2cccc(NC(C)C)c2c(=O)n1C1CCC(=O)NC1=O. The van der Waals surface area contributed by atoms with Crippen LogP contribution in [0.5, 0.6) is 0 Å². The normalized spacial score (nSPS) is 17.6.